The molecule has 1 aliphatic rings. The van der Waals surface area contributed by atoms with Gasteiger partial charge in [-0.3, -0.25) is 0 Å². The first-order chi connectivity index (χ1) is 5.86. The minimum absolute atomic E-state index is 1.06. The lowest BCUT2D eigenvalue weighted by Gasteiger charge is -2.01. The Kier molecular flexibility index (Phi) is 2.18. The molecule has 0 atom stereocenters. The maximum absolute atomic E-state index is 2.99. The number of nitrogens with one attached hydrogen (secondary N) is 3. The molecule has 1 aromatic rings. The molecule has 62 valence electrons. The maximum atomic E-state index is 2.99. The number of hydrogen-bond acceptors (Lipinski definition) is 3. The van der Waals surface area contributed by atoms with E-state index in [0.717, 1.165) is 5.70 Å². The SMILES string of the molecule is Ic1ccc(C2=CNNN2)cc1. The largest absolute Gasteiger partial charge is 0.309 e. The molecule has 0 radical (unpaired) electrons. The summed E-state index contributed by atoms with van der Waals surface area (Å²) < 4.78 is 1.25. The molecule has 0 aromatic heterocycles. The number of halogens is 1. The van der Waals surface area contributed by atoms with Crippen molar-refractivity contribution in [3.05, 3.63) is 39.6 Å². The van der Waals surface area contributed by atoms with E-state index < -0.39 is 0 Å². The topological polar surface area (TPSA) is 36.1 Å². The lowest BCUT2D eigenvalue weighted by atomic mass is 10.2. The van der Waals surface area contributed by atoms with E-state index >= 15 is 0 Å². The van der Waals surface area contributed by atoms with Crippen molar-refractivity contribution in [3.63, 3.8) is 0 Å². The summed E-state index contributed by atoms with van der Waals surface area (Å²) in [7, 11) is 0. The van der Waals surface area contributed by atoms with E-state index in [2.05, 4.69) is 63.2 Å². The number of hydrazine groups is 2. The summed E-state index contributed by atoms with van der Waals surface area (Å²) in [6.45, 7) is 0. The molecule has 0 aliphatic carbocycles. The van der Waals surface area contributed by atoms with E-state index in [0.29, 0.717) is 0 Å². The smallest absolute Gasteiger partial charge is 0.0749 e. The van der Waals surface area contributed by atoms with E-state index in [1.807, 2.05) is 6.20 Å². The first kappa shape index (κ1) is 7.88. The Bertz CT molecular complexity index is 305. The van der Waals surface area contributed by atoms with Gasteiger partial charge in [-0.05, 0) is 34.7 Å². The Morgan fingerprint density at radius 1 is 1.08 bits per heavy atom. The molecule has 0 bridgehead atoms. The van der Waals surface area contributed by atoms with Crippen molar-refractivity contribution >= 4 is 28.3 Å². The zero-order valence-corrected chi connectivity index (χ0v) is 8.42. The Morgan fingerprint density at radius 2 is 1.83 bits per heavy atom. The van der Waals surface area contributed by atoms with Crippen LogP contribution < -0.4 is 16.4 Å². The van der Waals surface area contributed by atoms with E-state index in [4.69, 9.17) is 0 Å². The predicted molar refractivity (Wildman–Crippen MR) is 56.5 cm³/mol. The van der Waals surface area contributed by atoms with Gasteiger partial charge in [0.05, 0.1) is 5.70 Å². The van der Waals surface area contributed by atoms with Crippen LogP contribution in [-0.2, 0) is 0 Å². The highest BCUT2D eigenvalue weighted by Gasteiger charge is 2.03. The van der Waals surface area contributed by atoms with Crippen LogP contribution in [0.5, 0.6) is 0 Å². The van der Waals surface area contributed by atoms with Crippen molar-refractivity contribution in [3.8, 4) is 0 Å². The highest BCUT2D eigenvalue weighted by molar-refractivity contribution is 14.1. The molecule has 2 rings (SSSR count). The van der Waals surface area contributed by atoms with Gasteiger partial charge in [0, 0.05) is 15.3 Å². The maximum Gasteiger partial charge on any atom is 0.0749 e. The third-order valence-corrected chi connectivity index (χ3v) is 2.36. The summed E-state index contributed by atoms with van der Waals surface area (Å²) in [6.07, 6.45) is 1.89. The van der Waals surface area contributed by atoms with Crippen molar-refractivity contribution in [2.75, 3.05) is 0 Å². The molecule has 0 unspecified atom stereocenters. The zero-order valence-electron chi connectivity index (χ0n) is 6.26. The van der Waals surface area contributed by atoms with Gasteiger partial charge >= 0.3 is 0 Å². The van der Waals surface area contributed by atoms with Crippen LogP contribution in [0, 0.1) is 3.57 Å². The van der Waals surface area contributed by atoms with E-state index in [1.165, 1.54) is 9.13 Å². The van der Waals surface area contributed by atoms with Crippen molar-refractivity contribution in [2.45, 2.75) is 0 Å². The highest BCUT2D eigenvalue weighted by atomic mass is 127. The average molecular weight is 273 g/mol. The fourth-order valence-corrected chi connectivity index (χ4v) is 1.39. The van der Waals surface area contributed by atoms with Gasteiger partial charge in [-0.2, -0.15) is 5.53 Å². The highest BCUT2D eigenvalue weighted by Crippen LogP contribution is 2.13. The second kappa shape index (κ2) is 3.32. The number of rotatable bonds is 1. The van der Waals surface area contributed by atoms with E-state index in [9.17, 15) is 0 Å². The van der Waals surface area contributed by atoms with Crippen LogP contribution in [0.3, 0.4) is 0 Å². The third-order valence-electron chi connectivity index (χ3n) is 1.64. The molecule has 0 spiro atoms. The molecule has 3 N–H and O–H groups in total. The quantitative estimate of drug-likeness (QED) is 0.673. The van der Waals surface area contributed by atoms with Gasteiger partial charge in [0.1, 0.15) is 0 Å². The van der Waals surface area contributed by atoms with Crippen molar-refractivity contribution in [2.24, 2.45) is 0 Å². The summed E-state index contributed by atoms with van der Waals surface area (Å²) in [5, 5.41) is 0. The molecule has 0 saturated carbocycles. The average Bonchev–Trinajstić information content (AvgIpc) is 2.58. The lowest BCUT2D eigenvalue weighted by molar-refractivity contribution is 0.620. The fourth-order valence-electron chi connectivity index (χ4n) is 1.03. The Balaban J connectivity index is 2.28. The van der Waals surface area contributed by atoms with Crippen LogP contribution in [0.4, 0.5) is 0 Å². The van der Waals surface area contributed by atoms with Gasteiger partial charge in [-0.25, -0.2) is 0 Å². The summed E-state index contributed by atoms with van der Waals surface area (Å²) in [5.41, 5.74) is 10.9. The second-order valence-electron chi connectivity index (χ2n) is 2.46. The molecular formula is C8H8IN3. The normalized spacial score (nSPS) is 14.9. The first-order valence-corrected chi connectivity index (χ1v) is 4.67. The summed E-state index contributed by atoms with van der Waals surface area (Å²) >= 11 is 2.29. The van der Waals surface area contributed by atoms with Gasteiger partial charge in [0.15, 0.2) is 0 Å². The second-order valence-corrected chi connectivity index (χ2v) is 3.70. The number of benzene rings is 1. The molecule has 12 heavy (non-hydrogen) atoms. The zero-order chi connectivity index (χ0) is 8.39. The van der Waals surface area contributed by atoms with Gasteiger partial charge in [-0.1, -0.05) is 12.1 Å². The Morgan fingerprint density at radius 3 is 2.42 bits per heavy atom. The third kappa shape index (κ3) is 1.54. The van der Waals surface area contributed by atoms with Crippen LogP contribution in [-0.4, -0.2) is 0 Å². The lowest BCUT2D eigenvalue weighted by Crippen LogP contribution is -2.31. The van der Waals surface area contributed by atoms with Crippen molar-refractivity contribution in [1.29, 1.82) is 0 Å². The monoisotopic (exact) mass is 273 g/mol. The van der Waals surface area contributed by atoms with Crippen molar-refractivity contribution in [1.82, 2.24) is 16.4 Å². The van der Waals surface area contributed by atoms with E-state index in [1.54, 1.807) is 0 Å². The molecule has 0 amide bonds. The van der Waals surface area contributed by atoms with Gasteiger partial charge < -0.3 is 10.9 Å². The van der Waals surface area contributed by atoms with Gasteiger partial charge in [0.2, 0.25) is 0 Å². The van der Waals surface area contributed by atoms with Crippen LogP contribution in [0.15, 0.2) is 30.5 Å². The van der Waals surface area contributed by atoms with Crippen LogP contribution in [0.1, 0.15) is 5.56 Å². The minimum Gasteiger partial charge on any atom is -0.309 e. The van der Waals surface area contributed by atoms with Gasteiger partial charge in [-0.15, -0.1) is 0 Å². The van der Waals surface area contributed by atoms with Gasteiger partial charge in [0.25, 0.3) is 0 Å². The molecule has 1 aliphatic heterocycles. The molecule has 1 heterocycles. The Hall–Kier alpha value is -0.750. The van der Waals surface area contributed by atoms with Crippen LogP contribution in [0.25, 0.3) is 5.70 Å². The Labute approximate surface area is 84.3 Å². The molecule has 4 heteroatoms. The minimum atomic E-state index is 1.06. The first-order valence-electron chi connectivity index (χ1n) is 3.59. The summed E-state index contributed by atoms with van der Waals surface area (Å²) in [5.74, 6) is 0. The molecule has 3 nitrogen and oxygen atoms in total. The summed E-state index contributed by atoms with van der Waals surface area (Å²) in [6, 6.07) is 8.32. The fraction of sp³-hybridized carbons (Fsp3) is 0. The number of hydrogen-bond donors (Lipinski definition) is 3. The van der Waals surface area contributed by atoms with E-state index in [-0.39, 0.29) is 0 Å². The summed E-state index contributed by atoms with van der Waals surface area (Å²) in [4.78, 5) is 0. The van der Waals surface area contributed by atoms with Crippen LogP contribution in [0.2, 0.25) is 0 Å². The standard InChI is InChI=1S/C8H8IN3/c9-7-3-1-6(2-4-7)8-5-10-12-11-8/h1-5,10-12H. The van der Waals surface area contributed by atoms with Crippen LogP contribution >= 0.6 is 22.6 Å². The molecule has 0 saturated heterocycles. The predicted octanol–water partition coefficient (Wildman–Crippen LogP) is 1.20. The molecule has 0 fully saturated rings. The molecule has 1 aromatic carbocycles. The molecular weight excluding hydrogens is 265 g/mol. The van der Waals surface area contributed by atoms with Crippen molar-refractivity contribution < 1.29 is 0 Å².